The predicted molar refractivity (Wildman–Crippen MR) is 99.7 cm³/mol. The Kier molecular flexibility index (Phi) is 5.58. The van der Waals surface area contributed by atoms with Crippen LogP contribution in [-0.2, 0) is 16.1 Å². The highest BCUT2D eigenvalue weighted by Gasteiger charge is 2.08. The Hall–Kier alpha value is -2.80. The van der Waals surface area contributed by atoms with Crippen molar-refractivity contribution in [2.24, 2.45) is 0 Å². The Balaban J connectivity index is 1.59. The van der Waals surface area contributed by atoms with E-state index in [1.165, 1.54) is 22.2 Å². The molecule has 3 aromatic rings. The molecule has 2 aromatic heterocycles. The van der Waals surface area contributed by atoms with Crippen LogP contribution < -0.4 is 10.3 Å². The molecule has 0 saturated heterocycles. The van der Waals surface area contributed by atoms with Gasteiger partial charge in [-0.25, -0.2) is 4.98 Å². The number of esters is 1. The minimum atomic E-state index is -0.364. The van der Waals surface area contributed by atoms with Crippen LogP contribution in [-0.4, -0.2) is 28.2 Å². The summed E-state index contributed by atoms with van der Waals surface area (Å²) in [6.45, 7) is 1.81. The fourth-order valence-electron chi connectivity index (χ4n) is 2.45. The van der Waals surface area contributed by atoms with Crippen molar-refractivity contribution in [3.8, 4) is 5.75 Å². The Morgan fingerprint density at radius 1 is 1.19 bits per heavy atom. The van der Waals surface area contributed by atoms with Gasteiger partial charge in [0, 0.05) is 16.7 Å². The van der Waals surface area contributed by atoms with Gasteiger partial charge >= 0.3 is 5.97 Å². The highest BCUT2D eigenvalue weighted by molar-refractivity contribution is 8.00. The largest absolute Gasteiger partial charge is 0.497 e. The molecule has 0 aliphatic carbocycles. The molecule has 26 heavy (non-hydrogen) atoms. The first-order chi connectivity index (χ1) is 12.6. The molecule has 6 nitrogen and oxygen atoms in total. The molecular formula is C19H18N2O4S. The van der Waals surface area contributed by atoms with Gasteiger partial charge in [-0.3, -0.25) is 14.0 Å². The van der Waals surface area contributed by atoms with E-state index in [2.05, 4.69) is 4.98 Å². The predicted octanol–water partition coefficient (Wildman–Crippen LogP) is 2.85. The van der Waals surface area contributed by atoms with Crippen LogP contribution in [0.4, 0.5) is 0 Å². The van der Waals surface area contributed by atoms with Gasteiger partial charge in [0.2, 0.25) is 0 Å². The molecule has 3 rings (SSSR count). The van der Waals surface area contributed by atoms with Crippen LogP contribution >= 0.6 is 11.8 Å². The van der Waals surface area contributed by atoms with Gasteiger partial charge < -0.3 is 9.47 Å². The van der Waals surface area contributed by atoms with Crippen LogP contribution in [0.5, 0.6) is 5.75 Å². The maximum atomic E-state index is 12.2. The molecule has 0 N–H and O–H groups in total. The van der Waals surface area contributed by atoms with Crippen LogP contribution in [0.25, 0.3) is 5.65 Å². The zero-order valence-corrected chi connectivity index (χ0v) is 15.3. The second kappa shape index (κ2) is 8.05. The third kappa shape index (κ3) is 4.23. The molecule has 0 unspecified atom stereocenters. The second-order valence-electron chi connectivity index (χ2n) is 5.57. The summed E-state index contributed by atoms with van der Waals surface area (Å²) in [7, 11) is 1.60. The summed E-state index contributed by atoms with van der Waals surface area (Å²) in [4.78, 5) is 29.4. The highest BCUT2D eigenvalue weighted by atomic mass is 32.2. The average Bonchev–Trinajstić information content (AvgIpc) is 2.65. The number of fused-ring (bicyclic) bond motifs is 1. The quantitative estimate of drug-likeness (QED) is 0.491. The molecule has 0 atom stereocenters. The standard InChI is InChI=1S/C19H18N2O4S/c1-13-4-3-5-17-20-14(10-18(22)21(13)17)11-25-19(23)12-26-16-8-6-15(24-2)7-9-16/h3-10H,11-12H2,1-2H3. The number of nitrogens with zero attached hydrogens (tertiary/aromatic N) is 2. The van der Waals surface area contributed by atoms with E-state index in [0.29, 0.717) is 11.3 Å². The molecule has 0 saturated carbocycles. The van der Waals surface area contributed by atoms with Crippen molar-refractivity contribution in [1.82, 2.24) is 9.38 Å². The van der Waals surface area contributed by atoms with E-state index in [-0.39, 0.29) is 23.9 Å². The number of benzene rings is 1. The van der Waals surface area contributed by atoms with Crippen molar-refractivity contribution in [2.75, 3.05) is 12.9 Å². The van der Waals surface area contributed by atoms with E-state index >= 15 is 0 Å². The van der Waals surface area contributed by atoms with E-state index in [1.54, 1.807) is 13.2 Å². The molecule has 7 heteroatoms. The topological polar surface area (TPSA) is 69.9 Å². The number of rotatable bonds is 6. The van der Waals surface area contributed by atoms with Crippen LogP contribution in [0.3, 0.4) is 0 Å². The molecule has 0 radical (unpaired) electrons. The van der Waals surface area contributed by atoms with Crippen molar-refractivity contribution < 1.29 is 14.3 Å². The van der Waals surface area contributed by atoms with E-state index < -0.39 is 0 Å². The normalized spacial score (nSPS) is 10.7. The molecule has 1 aromatic carbocycles. The fraction of sp³-hybridized carbons (Fsp3) is 0.211. The van der Waals surface area contributed by atoms with Gasteiger partial charge in [-0.05, 0) is 43.3 Å². The van der Waals surface area contributed by atoms with Crippen molar-refractivity contribution in [3.63, 3.8) is 0 Å². The Bertz CT molecular complexity index is 983. The van der Waals surface area contributed by atoms with E-state index in [4.69, 9.17) is 9.47 Å². The van der Waals surface area contributed by atoms with Gasteiger partial charge in [0.15, 0.2) is 0 Å². The minimum absolute atomic E-state index is 0.0261. The molecular weight excluding hydrogens is 352 g/mol. The first kappa shape index (κ1) is 18.0. The van der Waals surface area contributed by atoms with Gasteiger partial charge in [-0.2, -0.15) is 0 Å². The summed E-state index contributed by atoms with van der Waals surface area (Å²) in [6, 6.07) is 14.2. The summed E-state index contributed by atoms with van der Waals surface area (Å²) in [5.41, 5.74) is 1.59. The second-order valence-corrected chi connectivity index (χ2v) is 6.62. The maximum Gasteiger partial charge on any atom is 0.316 e. The fourth-order valence-corrected chi connectivity index (χ4v) is 3.14. The lowest BCUT2D eigenvalue weighted by molar-refractivity contribution is -0.141. The van der Waals surface area contributed by atoms with Crippen molar-refractivity contribution in [3.05, 3.63) is 70.3 Å². The molecule has 0 fully saturated rings. The van der Waals surface area contributed by atoms with E-state index in [9.17, 15) is 9.59 Å². The number of ether oxygens (including phenoxy) is 2. The average molecular weight is 370 g/mol. The van der Waals surface area contributed by atoms with Crippen molar-refractivity contribution in [1.29, 1.82) is 0 Å². The molecule has 2 heterocycles. The SMILES string of the molecule is COc1ccc(SCC(=O)OCc2cc(=O)n3c(C)cccc3n2)cc1. The minimum Gasteiger partial charge on any atom is -0.497 e. The van der Waals surface area contributed by atoms with Gasteiger partial charge in [0.05, 0.1) is 18.6 Å². The van der Waals surface area contributed by atoms with Crippen molar-refractivity contribution in [2.45, 2.75) is 18.4 Å². The Morgan fingerprint density at radius 3 is 2.69 bits per heavy atom. The molecule has 0 bridgehead atoms. The first-order valence-electron chi connectivity index (χ1n) is 7.97. The summed E-state index contributed by atoms with van der Waals surface area (Å²) in [6.07, 6.45) is 0. The first-order valence-corrected chi connectivity index (χ1v) is 8.96. The summed E-state index contributed by atoms with van der Waals surface area (Å²) in [5, 5.41) is 0. The maximum absolute atomic E-state index is 12.2. The highest BCUT2D eigenvalue weighted by Crippen LogP contribution is 2.21. The molecule has 0 amide bonds. The zero-order chi connectivity index (χ0) is 18.5. The lowest BCUT2D eigenvalue weighted by atomic mass is 10.3. The van der Waals surface area contributed by atoms with Crippen LogP contribution in [0, 0.1) is 6.92 Å². The van der Waals surface area contributed by atoms with E-state index in [0.717, 1.165) is 16.3 Å². The number of thioether (sulfide) groups is 1. The summed E-state index contributed by atoms with van der Waals surface area (Å²) < 4.78 is 11.8. The lowest BCUT2D eigenvalue weighted by Crippen LogP contribution is -2.18. The van der Waals surface area contributed by atoms with Gasteiger partial charge in [-0.1, -0.05) is 6.07 Å². The Labute approximate surface area is 154 Å². The van der Waals surface area contributed by atoms with E-state index in [1.807, 2.05) is 43.3 Å². The van der Waals surface area contributed by atoms with Crippen molar-refractivity contribution >= 4 is 23.4 Å². The third-order valence-corrected chi connectivity index (χ3v) is 4.72. The van der Waals surface area contributed by atoms with Crippen LogP contribution in [0.1, 0.15) is 11.4 Å². The van der Waals surface area contributed by atoms with Crippen LogP contribution in [0.15, 0.2) is 58.2 Å². The monoisotopic (exact) mass is 370 g/mol. The lowest BCUT2D eigenvalue weighted by Gasteiger charge is -2.08. The summed E-state index contributed by atoms with van der Waals surface area (Å²) >= 11 is 1.37. The molecule has 0 aliphatic rings. The number of aryl methyl sites for hydroxylation is 1. The number of carbonyl (C=O) groups is 1. The number of pyridine rings is 1. The number of hydrogen-bond acceptors (Lipinski definition) is 6. The number of carbonyl (C=O) groups excluding carboxylic acids is 1. The number of aromatic nitrogens is 2. The molecule has 134 valence electrons. The van der Waals surface area contributed by atoms with Gasteiger partial charge in [0.25, 0.3) is 5.56 Å². The zero-order valence-electron chi connectivity index (χ0n) is 14.5. The third-order valence-electron chi connectivity index (χ3n) is 3.73. The molecule has 0 aliphatic heterocycles. The van der Waals surface area contributed by atoms with Gasteiger partial charge in [0.1, 0.15) is 18.0 Å². The number of hydrogen-bond donors (Lipinski definition) is 0. The molecule has 0 spiro atoms. The van der Waals surface area contributed by atoms with Crippen LogP contribution in [0.2, 0.25) is 0 Å². The summed E-state index contributed by atoms with van der Waals surface area (Å²) in [5.74, 6) is 0.579. The number of methoxy groups -OCH3 is 1. The van der Waals surface area contributed by atoms with Gasteiger partial charge in [-0.15, -0.1) is 11.8 Å². The Morgan fingerprint density at radius 2 is 1.96 bits per heavy atom. The smallest absolute Gasteiger partial charge is 0.316 e.